The lowest BCUT2D eigenvalue weighted by Crippen LogP contribution is -1.96. The van der Waals surface area contributed by atoms with E-state index in [-0.39, 0.29) is 0 Å². The molecule has 0 aliphatic rings. The number of hydrogen-bond donors (Lipinski definition) is 2. The SMILES string of the molecule is Nc1cnc(Nc2cccnc2)c(Br)c1. The molecular formula is C10H9BrN4. The molecule has 0 unspecified atom stereocenters. The van der Waals surface area contributed by atoms with Gasteiger partial charge in [0, 0.05) is 6.20 Å². The fourth-order valence-electron chi connectivity index (χ4n) is 1.12. The van der Waals surface area contributed by atoms with Crippen LogP contribution >= 0.6 is 15.9 Å². The molecule has 3 N–H and O–H groups in total. The maximum Gasteiger partial charge on any atom is 0.144 e. The van der Waals surface area contributed by atoms with E-state index in [0.29, 0.717) is 5.69 Å². The van der Waals surface area contributed by atoms with Crippen molar-refractivity contribution in [3.05, 3.63) is 41.3 Å². The van der Waals surface area contributed by atoms with E-state index in [4.69, 9.17) is 5.73 Å². The molecule has 4 nitrogen and oxygen atoms in total. The van der Waals surface area contributed by atoms with Gasteiger partial charge < -0.3 is 11.1 Å². The van der Waals surface area contributed by atoms with Gasteiger partial charge in [-0.3, -0.25) is 4.98 Å². The lowest BCUT2D eigenvalue weighted by Gasteiger charge is -2.06. The highest BCUT2D eigenvalue weighted by molar-refractivity contribution is 9.10. The first kappa shape index (κ1) is 9.92. The van der Waals surface area contributed by atoms with Gasteiger partial charge in [-0.2, -0.15) is 0 Å². The van der Waals surface area contributed by atoms with Crippen molar-refractivity contribution in [2.24, 2.45) is 0 Å². The standard InChI is InChI=1S/C10H9BrN4/c11-9-4-7(12)5-14-10(9)15-8-2-1-3-13-6-8/h1-6H,12H2,(H,14,15). The molecule has 0 fully saturated rings. The van der Waals surface area contributed by atoms with Crippen LogP contribution in [0.4, 0.5) is 17.2 Å². The van der Waals surface area contributed by atoms with E-state index in [1.54, 1.807) is 24.7 Å². The second-order valence-corrected chi connectivity index (χ2v) is 3.82. The molecule has 0 aliphatic heterocycles. The zero-order valence-electron chi connectivity index (χ0n) is 7.81. The average Bonchev–Trinajstić information content (AvgIpc) is 2.24. The number of nitrogens with two attached hydrogens (primary N) is 1. The Bertz CT molecular complexity index is 458. The van der Waals surface area contributed by atoms with Gasteiger partial charge in [0.1, 0.15) is 5.82 Å². The Morgan fingerprint density at radius 2 is 2.20 bits per heavy atom. The summed E-state index contributed by atoms with van der Waals surface area (Å²) in [6.07, 6.45) is 5.05. The number of nitrogen functional groups attached to an aromatic ring is 1. The molecule has 76 valence electrons. The van der Waals surface area contributed by atoms with Crippen LogP contribution in [0.25, 0.3) is 0 Å². The van der Waals surface area contributed by atoms with E-state index < -0.39 is 0 Å². The fourth-order valence-corrected chi connectivity index (χ4v) is 1.58. The van der Waals surface area contributed by atoms with Crippen LogP contribution in [0, 0.1) is 0 Å². The molecule has 2 rings (SSSR count). The van der Waals surface area contributed by atoms with Crippen LogP contribution in [0.5, 0.6) is 0 Å². The zero-order valence-corrected chi connectivity index (χ0v) is 9.40. The monoisotopic (exact) mass is 264 g/mol. The van der Waals surface area contributed by atoms with E-state index >= 15 is 0 Å². The number of anilines is 3. The summed E-state index contributed by atoms with van der Waals surface area (Å²) in [6, 6.07) is 5.57. The van der Waals surface area contributed by atoms with E-state index in [9.17, 15) is 0 Å². The van der Waals surface area contributed by atoms with Crippen molar-refractivity contribution in [1.82, 2.24) is 9.97 Å². The molecule has 0 bridgehead atoms. The molecule has 0 spiro atoms. The maximum atomic E-state index is 5.59. The van der Waals surface area contributed by atoms with Gasteiger partial charge >= 0.3 is 0 Å². The summed E-state index contributed by atoms with van der Waals surface area (Å²) in [5.41, 5.74) is 7.10. The number of rotatable bonds is 2. The van der Waals surface area contributed by atoms with E-state index in [2.05, 4.69) is 31.2 Å². The van der Waals surface area contributed by atoms with Crippen LogP contribution in [-0.2, 0) is 0 Å². The minimum Gasteiger partial charge on any atom is -0.397 e. The summed E-state index contributed by atoms with van der Waals surface area (Å²) in [4.78, 5) is 8.16. The van der Waals surface area contributed by atoms with Gasteiger partial charge in [-0.15, -0.1) is 0 Å². The lowest BCUT2D eigenvalue weighted by atomic mass is 10.4. The molecule has 0 radical (unpaired) electrons. The summed E-state index contributed by atoms with van der Waals surface area (Å²) in [6.45, 7) is 0. The van der Waals surface area contributed by atoms with Crippen LogP contribution in [0.15, 0.2) is 41.3 Å². The molecule has 0 aliphatic carbocycles. The Morgan fingerprint density at radius 3 is 2.87 bits per heavy atom. The topological polar surface area (TPSA) is 63.8 Å². The molecule has 15 heavy (non-hydrogen) atoms. The highest BCUT2D eigenvalue weighted by Gasteiger charge is 2.01. The quantitative estimate of drug-likeness (QED) is 0.875. The van der Waals surface area contributed by atoms with Crippen molar-refractivity contribution in [3.8, 4) is 0 Å². The highest BCUT2D eigenvalue weighted by Crippen LogP contribution is 2.24. The van der Waals surface area contributed by atoms with Crippen LogP contribution in [0.1, 0.15) is 0 Å². The van der Waals surface area contributed by atoms with Gasteiger partial charge in [0.2, 0.25) is 0 Å². The van der Waals surface area contributed by atoms with Gasteiger partial charge in [0.05, 0.1) is 28.2 Å². The Morgan fingerprint density at radius 1 is 1.33 bits per heavy atom. The molecule has 0 saturated carbocycles. The maximum absolute atomic E-state index is 5.59. The molecular weight excluding hydrogens is 256 g/mol. The van der Waals surface area contributed by atoms with Gasteiger partial charge in [-0.05, 0) is 34.1 Å². The summed E-state index contributed by atoms with van der Waals surface area (Å²) in [7, 11) is 0. The Kier molecular flexibility index (Phi) is 2.82. The van der Waals surface area contributed by atoms with Crippen LogP contribution in [0.2, 0.25) is 0 Å². The second kappa shape index (κ2) is 4.27. The highest BCUT2D eigenvalue weighted by atomic mass is 79.9. The van der Waals surface area contributed by atoms with Crippen molar-refractivity contribution < 1.29 is 0 Å². The average molecular weight is 265 g/mol. The second-order valence-electron chi connectivity index (χ2n) is 2.97. The number of halogens is 1. The molecule has 0 aromatic carbocycles. The van der Waals surface area contributed by atoms with Crippen molar-refractivity contribution in [2.45, 2.75) is 0 Å². The number of aromatic nitrogens is 2. The summed E-state index contributed by atoms with van der Waals surface area (Å²) in [5, 5.41) is 3.12. The molecule has 0 atom stereocenters. The molecule has 2 aromatic rings. The van der Waals surface area contributed by atoms with E-state index in [0.717, 1.165) is 16.0 Å². The minimum atomic E-state index is 0.624. The van der Waals surface area contributed by atoms with Crippen molar-refractivity contribution in [1.29, 1.82) is 0 Å². The number of nitrogens with zero attached hydrogens (tertiary/aromatic N) is 2. The predicted octanol–water partition coefficient (Wildman–Crippen LogP) is 2.56. The molecule has 0 saturated heterocycles. The zero-order chi connectivity index (χ0) is 10.7. The van der Waals surface area contributed by atoms with Gasteiger partial charge in [-0.1, -0.05) is 0 Å². The molecule has 5 heteroatoms. The Balaban J connectivity index is 2.25. The predicted molar refractivity (Wildman–Crippen MR) is 63.9 cm³/mol. The van der Waals surface area contributed by atoms with E-state index in [1.165, 1.54) is 0 Å². The summed E-state index contributed by atoms with van der Waals surface area (Å²) in [5.74, 6) is 0.720. The smallest absolute Gasteiger partial charge is 0.144 e. The third kappa shape index (κ3) is 2.44. The first-order chi connectivity index (χ1) is 7.25. The first-order valence-corrected chi connectivity index (χ1v) is 5.13. The summed E-state index contributed by atoms with van der Waals surface area (Å²) < 4.78 is 0.825. The Labute approximate surface area is 95.7 Å². The van der Waals surface area contributed by atoms with Crippen molar-refractivity contribution in [2.75, 3.05) is 11.1 Å². The van der Waals surface area contributed by atoms with Crippen molar-refractivity contribution >= 4 is 33.1 Å². The third-order valence-corrected chi connectivity index (χ3v) is 2.39. The summed E-state index contributed by atoms with van der Waals surface area (Å²) >= 11 is 3.38. The van der Waals surface area contributed by atoms with Gasteiger partial charge in [-0.25, -0.2) is 4.98 Å². The van der Waals surface area contributed by atoms with Gasteiger partial charge in [0.25, 0.3) is 0 Å². The normalized spacial score (nSPS) is 9.93. The lowest BCUT2D eigenvalue weighted by molar-refractivity contribution is 1.27. The van der Waals surface area contributed by atoms with E-state index in [1.807, 2.05) is 12.1 Å². The molecule has 2 aromatic heterocycles. The van der Waals surface area contributed by atoms with Gasteiger partial charge in [0.15, 0.2) is 0 Å². The first-order valence-electron chi connectivity index (χ1n) is 4.34. The number of nitrogens with one attached hydrogen (secondary N) is 1. The molecule has 2 heterocycles. The van der Waals surface area contributed by atoms with Crippen molar-refractivity contribution in [3.63, 3.8) is 0 Å². The Hall–Kier alpha value is -1.62. The van der Waals surface area contributed by atoms with Crippen LogP contribution in [-0.4, -0.2) is 9.97 Å². The minimum absolute atomic E-state index is 0.624. The fraction of sp³-hybridized carbons (Fsp3) is 0. The van der Waals surface area contributed by atoms with Crippen LogP contribution < -0.4 is 11.1 Å². The number of hydrogen-bond acceptors (Lipinski definition) is 4. The van der Waals surface area contributed by atoms with Crippen LogP contribution in [0.3, 0.4) is 0 Å². The third-order valence-electron chi connectivity index (χ3n) is 1.79. The largest absolute Gasteiger partial charge is 0.397 e. The molecule has 0 amide bonds. The number of pyridine rings is 2.